The van der Waals surface area contributed by atoms with Crippen molar-refractivity contribution in [1.82, 2.24) is 5.48 Å². The fourth-order valence-corrected chi connectivity index (χ4v) is 1.17. The summed E-state index contributed by atoms with van der Waals surface area (Å²) in [6, 6.07) is 0. The van der Waals surface area contributed by atoms with Gasteiger partial charge in [0.25, 0.3) is 0 Å². The first-order valence-corrected chi connectivity index (χ1v) is 5.88. The van der Waals surface area contributed by atoms with Gasteiger partial charge in [-0.15, -0.1) is 0 Å². The highest BCUT2D eigenvalue weighted by Gasteiger charge is 2.24. The molecule has 0 saturated carbocycles. The summed E-state index contributed by atoms with van der Waals surface area (Å²) >= 11 is 0. The number of ether oxygens (including phenoxy) is 2. The largest absolute Gasteiger partial charge is 0.467 e. The molecule has 0 aromatic rings. The Kier molecular flexibility index (Phi) is 6.68. The van der Waals surface area contributed by atoms with Crippen LogP contribution < -0.4 is 5.48 Å². The normalized spacial score (nSPS) is 13.1. The number of nitrogens with one attached hydrogen (secondary N) is 1. The van der Waals surface area contributed by atoms with Crippen LogP contribution in [0.25, 0.3) is 0 Å². The Hall–Kier alpha value is -1.30. The van der Waals surface area contributed by atoms with Gasteiger partial charge < -0.3 is 9.47 Å². The minimum atomic E-state index is -0.831. The lowest BCUT2D eigenvalue weighted by atomic mass is 10.1. The number of carbonyl (C=O) groups is 2. The second-order valence-corrected chi connectivity index (χ2v) is 5.36. The van der Waals surface area contributed by atoms with Crippen molar-refractivity contribution in [3.05, 3.63) is 0 Å². The molecule has 0 aliphatic rings. The molecular formula is C12H23NO5. The zero-order valence-corrected chi connectivity index (χ0v) is 11.9. The summed E-state index contributed by atoms with van der Waals surface area (Å²) in [5.41, 5.74) is 1.48. The third-order valence-corrected chi connectivity index (χ3v) is 1.83. The molecular weight excluding hydrogens is 238 g/mol. The van der Waals surface area contributed by atoms with Crippen molar-refractivity contribution < 1.29 is 23.9 Å². The van der Waals surface area contributed by atoms with Crippen LogP contribution in [0.4, 0.5) is 4.79 Å². The number of hydroxylamine groups is 1. The van der Waals surface area contributed by atoms with Crippen molar-refractivity contribution in [2.24, 2.45) is 5.92 Å². The van der Waals surface area contributed by atoms with Crippen molar-refractivity contribution in [2.75, 3.05) is 7.11 Å². The van der Waals surface area contributed by atoms with Crippen LogP contribution in [0.2, 0.25) is 0 Å². The summed E-state index contributed by atoms with van der Waals surface area (Å²) in [6.45, 7) is 9.08. The topological polar surface area (TPSA) is 73.9 Å². The molecule has 1 amide bonds. The van der Waals surface area contributed by atoms with Crippen molar-refractivity contribution in [2.45, 2.75) is 52.7 Å². The molecule has 0 aromatic heterocycles. The number of amides is 1. The fourth-order valence-electron chi connectivity index (χ4n) is 1.17. The first kappa shape index (κ1) is 16.7. The van der Waals surface area contributed by atoms with Gasteiger partial charge in [-0.3, -0.25) is 4.84 Å². The van der Waals surface area contributed by atoms with Crippen molar-refractivity contribution in [3.63, 3.8) is 0 Å². The fraction of sp³-hybridized carbons (Fsp3) is 0.833. The third-order valence-electron chi connectivity index (χ3n) is 1.83. The Morgan fingerprint density at radius 2 is 1.78 bits per heavy atom. The molecule has 0 bridgehead atoms. The van der Waals surface area contributed by atoms with E-state index in [2.05, 4.69) is 10.2 Å². The van der Waals surface area contributed by atoms with Gasteiger partial charge in [-0.1, -0.05) is 13.8 Å². The zero-order chi connectivity index (χ0) is 14.3. The number of esters is 1. The number of hydrogen-bond donors (Lipinski definition) is 1. The molecule has 0 aromatic carbocycles. The lowest BCUT2D eigenvalue weighted by Crippen LogP contribution is -2.38. The monoisotopic (exact) mass is 261 g/mol. The molecule has 6 heteroatoms. The van der Waals surface area contributed by atoms with Gasteiger partial charge in [0.15, 0.2) is 6.10 Å². The van der Waals surface area contributed by atoms with E-state index >= 15 is 0 Å². The molecule has 0 heterocycles. The highest BCUT2D eigenvalue weighted by atomic mass is 16.7. The maximum atomic E-state index is 11.4. The molecule has 1 unspecified atom stereocenters. The molecule has 0 aliphatic carbocycles. The minimum absolute atomic E-state index is 0.231. The number of carbonyl (C=O) groups excluding carboxylic acids is 2. The molecule has 1 atom stereocenters. The Morgan fingerprint density at radius 1 is 1.22 bits per heavy atom. The van der Waals surface area contributed by atoms with Crippen LogP contribution in [0.15, 0.2) is 0 Å². The van der Waals surface area contributed by atoms with Gasteiger partial charge in [0.2, 0.25) is 0 Å². The van der Waals surface area contributed by atoms with Crippen LogP contribution >= 0.6 is 0 Å². The van der Waals surface area contributed by atoms with Crippen molar-refractivity contribution >= 4 is 12.1 Å². The first-order valence-electron chi connectivity index (χ1n) is 5.88. The average Bonchev–Trinajstić information content (AvgIpc) is 2.20. The van der Waals surface area contributed by atoms with Crippen LogP contribution in [-0.4, -0.2) is 30.9 Å². The SMILES string of the molecule is COC(=O)C(CC(C)C)ONC(=O)OC(C)(C)C. The lowest BCUT2D eigenvalue weighted by Gasteiger charge is -2.21. The molecule has 0 fully saturated rings. The first-order chi connectivity index (χ1) is 8.15. The van der Waals surface area contributed by atoms with Gasteiger partial charge in [-0.25, -0.2) is 9.59 Å². The lowest BCUT2D eigenvalue weighted by molar-refractivity contribution is -0.160. The highest BCUT2D eigenvalue weighted by molar-refractivity contribution is 5.75. The summed E-state index contributed by atoms with van der Waals surface area (Å²) < 4.78 is 9.57. The van der Waals surface area contributed by atoms with Crippen LogP contribution in [0.1, 0.15) is 41.0 Å². The van der Waals surface area contributed by atoms with E-state index in [1.807, 2.05) is 13.8 Å². The molecule has 0 saturated heterocycles. The smallest absolute Gasteiger partial charge is 0.431 e. The predicted molar refractivity (Wildman–Crippen MR) is 65.7 cm³/mol. The maximum absolute atomic E-state index is 11.4. The Morgan fingerprint density at radius 3 is 2.17 bits per heavy atom. The Balaban J connectivity index is 4.26. The quantitative estimate of drug-likeness (QED) is 0.605. The van der Waals surface area contributed by atoms with E-state index in [0.717, 1.165) is 0 Å². The van der Waals surface area contributed by atoms with Crippen molar-refractivity contribution in [1.29, 1.82) is 0 Å². The van der Waals surface area contributed by atoms with E-state index in [1.54, 1.807) is 20.8 Å². The van der Waals surface area contributed by atoms with E-state index < -0.39 is 23.8 Å². The molecule has 0 rings (SSSR count). The summed E-state index contributed by atoms with van der Waals surface area (Å²) in [6.07, 6.45) is -1.12. The summed E-state index contributed by atoms with van der Waals surface area (Å²) in [4.78, 5) is 27.8. The minimum Gasteiger partial charge on any atom is -0.467 e. The summed E-state index contributed by atoms with van der Waals surface area (Å²) in [5.74, 6) is -0.297. The van der Waals surface area contributed by atoms with E-state index in [-0.39, 0.29) is 5.92 Å². The number of hydrogen-bond acceptors (Lipinski definition) is 5. The van der Waals surface area contributed by atoms with Gasteiger partial charge >= 0.3 is 12.1 Å². The van der Waals surface area contributed by atoms with Gasteiger partial charge in [-0.05, 0) is 33.1 Å². The van der Waals surface area contributed by atoms with E-state index in [9.17, 15) is 9.59 Å². The third kappa shape index (κ3) is 7.89. The Labute approximate surface area is 108 Å². The van der Waals surface area contributed by atoms with Crippen LogP contribution in [0.3, 0.4) is 0 Å². The Bertz CT molecular complexity index is 283. The maximum Gasteiger partial charge on any atom is 0.431 e. The van der Waals surface area contributed by atoms with Gasteiger partial charge in [0.05, 0.1) is 7.11 Å². The molecule has 106 valence electrons. The molecule has 18 heavy (non-hydrogen) atoms. The highest BCUT2D eigenvalue weighted by Crippen LogP contribution is 2.10. The molecule has 6 nitrogen and oxygen atoms in total. The van der Waals surface area contributed by atoms with Crippen LogP contribution in [-0.2, 0) is 19.1 Å². The van der Waals surface area contributed by atoms with Gasteiger partial charge in [0, 0.05) is 0 Å². The van der Waals surface area contributed by atoms with Crippen LogP contribution in [0, 0.1) is 5.92 Å². The van der Waals surface area contributed by atoms with Gasteiger partial charge in [-0.2, -0.15) is 5.48 Å². The molecule has 0 spiro atoms. The van der Waals surface area contributed by atoms with Gasteiger partial charge in [0.1, 0.15) is 5.60 Å². The summed E-state index contributed by atoms with van der Waals surface area (Å²) in [5, 5.41) is 0. The molecule has 0 aliphatic heterocycles. The summed E-state index contributed by atoms with van der Waals surface area (Å²) in [7, 11) is 1.27. The number of rotatable bonds is 5. The van der Waals surface area contributed by atoms with Crippen LogP contribution in [0.5, 0.6) is 0 Å². The number of methoxy groups -OCH3 is 1. The van der Waals surface area contributed by atoms with Crippen molar-refractivity contribution in [3.8, 4) is 0 Å². The molecule has 1 N–H and O–H groups in total. The average molecular weight is 261 g/mol. The standard InChI is InChI=1S/C12H23NO5/c1-8(2)7-9(10(14)16-6)18-13-11(15)17-12(3,4)5/h8-9H,7H2,1-6H3,(H,13,15). The zero-order valence-electron chi connectivity index (χ0n) is 11.9. The second-order valence-electron chi connectivity index (χ2n) is 5.36. The van der Waals surface area contributed by atoms with E-state index in [0.29, 0.717) is 6.42 Å². The second kappa shape index (κ2) is 7.20. The predicted octanol–water partition coefficient (Wildman–Crippen LogP) is 2.03. The van der Waals surface area contributed by atoms with E-state index in [1.165, 1.54) is 7.11 Å². The van der Waals surface area contributed by atoms with E-state index in [4.69, 9.17) is 9.57 Å². The molecule has 0 radical (unpaired) electrons.